The van der Waals surface area contributed by atoms with Crippen molar-refractivity contribution >= 4 is 52.8 Å². The zero-order valence-electron chi connectivity index (χ0n) is 18.4. The number of amides is 4. The summed E-state index contributed by atoms with van der Waals surface area (Å²) in [4.78, 5) is 38.6. The highest BCUT2D eigenvalue weighted by Gasteiger charge is 2.36. The normalized spacial score (nSPS) is 15.0. The third kappa shape index (κ3) is 4.98. The predicted molar refractivity (Wildman–Crippen MR) is 132 cm³/mol. The number of carbonyl (C=O) groups excluding carboxylic acids is 3. The molecule has 172 valence electrons. The number of rotatable bonds is 5. The summed E-state index contributed by atoms with van der Waals surface area (Å²) in [5.74, 6) is -1.06. The van der Waals surface area contributed by atoms with Gasteiger partial charge in [-0.2, -0.15) is 0 Å². The van der Waals surface area contributed by atoms with E-state index in [9.17, 15) is 14.4 Å². The lowest BCUT2D eigenvalue weighted by Gasteiger charge is -2.26. The molecule has 6 nitrogen and oxygen atoms in total. The smallest absolute Gasteiger partial charge is 0.335 e. The average Bonchev–Trinajstić information content (AvgIpc) is 2.79. The van der Waals surface area contributed by atoms with E-state index in [1.54, 1.807) is 30.3 Å². The molecule has 3 aromatic rings. The summed E-state index contributed by atoms with van der Waals surface area (Å²) in [5, 5.41) is 2.96. The number of imide groups is 2. The number of nitrogens with zero attached hydrogens (tertiary/aromatic N) is 1. The van der Waals surface area contributed by atoms with E-state index in [1.807, 2.05) is 26.0 Å². The Hall–Kier alpha value is -3.61. The lowest BCUT2D eigenvalue weighted by molar-refractivity contribution is -0.122. The van der Waals surface area contributed by atoms with Crippen molar-refractivity contribution in [2.24, 2.45) is 0 Å². The van der Waals surface area contributed by atoms with Crippen molar-refractivity contribution in [3.63, 3.8) is 0 Å². The molecule has 8 heteroatoms. The molecule has 0 aliphatic carbocycles. The van der Waals surface area contributed by atoms with Gasteiger partial charge in [-0.05, 0) is 78.6 Å². The van der Waals surface area contributed by atoms with E-state index in [-0.39, 0.29) is 5.57 Å². The van der Waals surface area contributed by atoms with Crippen LogP contribution in [-0.4, -0.2) is 17.8 Å². The second-order valence-corrected chi connectivity index (χ2v) is 8.68. The molecular weight excluding hydrogens is 475 g/mol. The predicted octanol–water partition coefficient (Wildman–Crippen LogP) is 5.86. The number of nitrogens with one attached hydrogen (secondary N) is 1. The highest BCUT2D eigenvalue weighted by Crippen LogP contribution is 2.29. The van der Waals surface area contributed by atoms with Crippen LogP contribution in [0.2, 0.25) is 10.0 Å². The lowest BCUT2D eigenvalue weighted by atomic mass is 10.1. The molecule has 0 unspecified atom stereocenters. The molecule has 0 aromatic heterocycles. The van der Waals surface area contributed by atoms with Crippen LogP contribution in [0.5, 0.6) is 5.75 Å². The number of barbiturate groups is 1. The maximum atomic E-state index is 13.0. The van der Waals surface area contributed by atoms with E-state index in [0.717, 1.165) is 10.5 Å². The van der Waals surface area contributed by atoms with Crippen molar-refractivity contribution in [1.82, 2.24) is 5.32 Å². The number of anilines is 1. The Labute approximate surface area is 206 Å². The summed E-state index contributed by atoms with van der Waals surface area (Å²) in [7, 11) is 0. The number of aryl methyl sites for hydroxylation is 2. The quantitative estimate of drug-likeness (QED) is 0.356. The first-order valence-electron chi connectivity index (χ1n) is 10.4. The van der Waals surface area contributed by atoms with E-state index in [0.29, 0.717) is 33.7 Å². The number of hydrogen-bond acceptors (Lipinski definition) is 4. The van der Waals surface area contributed by atoms with Gasteiger partial charge in [-0.15, -0.1) is 0 Å². The van der Waals surface area contributed by atoms with Gasteiger partial charge in [0, 0.05) is 5.02 Å². The number of hydrogen-bond donors (Lipinski definition) is 1. The standard InChI is InChI=1S/C26H20Cl2N2O4/c1-15-3-4-18(11-16(15)2)14-34-23-10-5-17(13-22(23)28)12-21-24(31)29-26(33)30(25(21)32)20-8-6-19(27)7-9-20/h3-13H,14H2,1-2H3,(H,29,31,33)/b21-12+. The summed E-state index contributed by atoms with van der Waals surface area (Å²) in [6.45, 7) is 4.44. The number of benzene rings is 3. The topological polar surface area (TPSA) is 75.7 Å². The molecule has 3 aromatic carbocycles. The maximum Gasteiger partial charge on any atom is 0.335 e. The molecule has 0 saturated carbocycles. The van der Waals surface area contributed by atoms with Crippen LogP contribution in [-0.2, 0) is 16.2 Å². The van der Waals surface area contributed by atoms with Crippen LogP contribution < -0.4 is 15.0 Å². The summed E-state index contributed by atoms with van der Waals surface area (Å²) >= 11 is 12.3. The molecule has 1 heterocycles. The van der Waals surface area contributed by atoms with Gasteiger partial charge in [0.25, 0.3) is 11.8 Å². The molecular formula is C26H20Cl2N2O4. The Bertz CT molecular complexity index is 1330. The van der Waals surface area contributed by atoms with E-state index in [2.05, 4.69) is 11.4 Å². The second kappa shape index (κ2) is 9.71. The molecule has 1 saturated heterocycles. The molecule has 1 aliphatic rings. The Morgan fingerprint density at radius 3 is 2.32 bits per heavy atom. The van der Waals surface area contributed by atoms with Crippen LogP contribution in [0.1, 0.15) is 22.3 Å². The van der Waals surface area contributed by atoms with Crippen LogP contribution in [0.25, 0.3) is 6.08 Å². The zero-order chi connectivity index (χ0) is 24.4. The molecule has 4 rings (SSSR count). The van der Waals surface area contributed by atoms with Gasteiger partial charge in [-0.1, -0.05) is 47.5 Å². The van der Waals surface area contributed by atoms with Crippen LogP contribution in [0, 0.1) is 13.8 Å². The Balaban J connectivity index is 1.55. The van der Waals surface area contributed by atoms with Crippen LogP contribution in [0.4, 0.5) is 10.5 Å². The zero-order valence-corrected chi connectivity index (χ0v) is 19.9. The molecule has 0 bridgehead atoms. The largest absolute Gasteiger partial charge is 0.487 e. The van der Waals surface area contributed by atoms with Gasteiger partial charge in [0.05, 0.1) is 10.7 Å². The van der Waals surface area contributed by atoms with Gasteiger partial charge < -0.3 is 4.74 Å². The minimum absolute atomic E-state index is 0.200. The lowest BCUT2D eigenvalue weighted by Crippen LogP contribution is -2.54. The van der Waals surface area contributed by atoms with Gasteiger partial charge in [0.1, 0.15) is 17.9 Å². The van der Waals surface area contributed by atoms with Gasteiger partial charge in [-0.3, -0.25) is 14.9 Å². The fourth-order valence-electron chi connectivity index (χ4n) is 3.43. The summed E-state index contributed by atoms with van der Waals surface area (Å²) < 4.78 is 5.84. The average molecular weight is 495 g/mol. The maximum absolute atomic E-state index is 13.0. The van der Waals surface area contributed by atoms with Crippen molar-refractivity contribution in [1.29, 1.82) is 0 Å². The Morgan fingerprint density at radius 2 is 1.65 bits per heavy atom. The second-order valence-electron chi connectivity index (χ2n) is 7.83. The molecule has 1 N–H and O–H groups in total. The third-order valence-corrected chi connectivity index (χ3v) is 5.97. The SMILES string of the molecule is Cc1ccc(COc2ccc(/C=C3\C(=O)NC(=O)N(c4ccc(Cl)cc4)C3=O)cc2Cl)cc1C. The molecule has 1 fully saturated rings. The fraction of sp³-hybridized carbons (Fsp3) is 0.115. The van der Waals surface area contributed by atoms with E-state index in [4.69, 9.17) is 27.9 Å². The Morgan fingerprint density at radius 1 is 0.912 bits per heavy atom. The third-order valence-electron chi connectivity index (χ3n) is 5.42. The van der Waals surface area contributed by atoms with Gasteiger partial charge in [0.2, 0.25) is 0 Å². The van der Waals surface area contributed by atoms with Crippen molar-refractivity contribution in [2.45, 2.75) is 20.5 Å². The molecule has 4 amide bonds. The Kier molecular flexibility index (Phi) is 6.72. The van der Waals surface area contributed by atoms with Gasteiger partial charge >= 0.3 is 6.03 Å². The highest BCUT2D eigenvalue weighted by molar-refractivity contribution is 6.39. The van der Waals surface area contributed by atoms with Crippen molar-refractivity contribution in [3.8, 4) is 5.75 Å². The molecule has 0 spiro atoms. The summed E-state index contributed by atoms with van der Waals surface area (Å²) in [6.07, 6.45) is 1.38. The van der Waals surface area contributed by atoms with E-state index in [1.165, 1.54) is 29.3 Å². The van der Waals surface area contributed by atoms with Crippen LogP contribution in [0.3, 0.4) is 0 Å². The number of urea groups is 1. The van der Waals surface area contributed by atoms with Crippen molar-refractivity contribution in [2.75, 3.05) is 4.90 Å². The molecule has 34 heavy (non-hydrogen) atoms. The highest BCUT2D eigenvalue weighted by atomic mass is 35.5. The molecule has 1 aliphatic heterocycles. The summed E-state index contributed by atoms with van der Waals surface area (Å²) in [5.41, 5.74) is 3.99. The summed E-state index contributed by atoms with van der Waals surface area (Å²) in [6, 6.07) is 16.3. The van der Waals surface area contributed by atoms with E-state index >= 15 is 0 Å². The minimum Gasteiger partial charge on any atom is -0.487 e. The van der Waals surface area contributed by atoms with Crippen LogP contribution >= 0.6 is 23.2 Å². The van der Waals surface area contributed by atoms with Gasteiger partial charge in [-0.25, -0.2) is 9.69 Å². The monoisotopic (exact) mass is 494 g/mol. The van der Waals surface area contributed by atoms with E-state index < -0.39 is 17.8 Å². The molecule has 0 atom stereocenters. The molecule has 0 radical (unpaired) electrons. The first-order valence-corrected chi connectivity index (χ1v) is 11.1. The van der Waals surface area contributed by atoms with Crippen molar-refractivity contribution in [3.05, 3.63) is 98.5 Å². The number of halogens is 2. The first kappa shape index (κ1) is 23.5. The number of ether oxygens (including phenoxy) is 1. The van der Waals surface area contributed by atoms with Crippen LogP contribution in [0.15, 0.2) is 66.2 Å². The minimum atomic E-state index is -0.831. The first-order chi connectivity index (χ1) is 16.2. The van der Waals surface area contributed by atoms with Crippen molar-refractivity contribution < 1.29 is 19.1 Å². The fourth-order valence-corrected chi connectivity index (χ4v) is 3.80. The number of carbonyl (C=O) groups is 3. The van der Waals surface area contributed by atoms with Gasteiger partial charge in [0.15, 0.2) is 0 Å².